The molecule has 0 radical (unpaired) electrons. The van der Waals surface area contributed by atoms with Gasteiger partial charge in [0.05, 0.1) is 6.04 Å². The van der Waals surface area contributed by atoms with Crippen LogP contribution in [0.5, 0.6) is 0 Å². The third-order valence-corrected chi connectivity index (χ3v) is 2.41. The second-order valence-corrected chi connectivity index (χ2v) is 3.63. The molecular formula is C13H18N2O. The summed E-state index contributed by atoms with van der Waals surface area (Å²) >= 11 is 0. The van der Waals surface area contributed by atoms with Gasteiger partial charge in [-0.2, -0.15) is 0 Å². The summed E-state index contributed by atoms with van der Waals surface area (Å²) in [6, 6.07) is 7.21. The number of nitrogens with one attached hydrogen (secondary N) is 1. The Labute approximate surface area is 96.3 Å². The number of carbonyl (C=O) groups excluding carboxylic acids is 1. The molecule has 0 heterocycles. The number of carbonyl (C=O) groups is 1. The predicted octanol–water partition coefficient (Wildman–Crippen LogP) is 2.09. The van der Waals surface area contributed by atoms with Crippen LogP contribution < -0.4 is 11.1 Å². The van der Waals surface area contributed by atoms with E-state index in [-0.39, 0.29) is 5.91 Å². The van der Waals surface area contributed by atoms with Crippen LogP contribution in [0.3, 0.4) is 0 Å². The van der Waals surface area contributed by atoms with Crippen molar-refractivity contribution in [1.82, 2.24) is 0 Å². The molecule has 0 aliphatic carbocycles. The van der Waals surface area contributed by atoms with Gasteiger partial charge in [0.1, 0.15) is 0 Å². The molecule has 0 saturated heterocycles. The van der Waals surface area contributed by atoms with E-state index in [1.165, 1.54) is 0 Å². The van der Waals surface area contributed by atoms with Gasteiger partial charge < -0.3 is 11.1 Å². The molecule has 0 aliphatic heterocycles. The van der Waals surface area contributed by atoms with E-state index in [0.717, 1.165) is 17.7 Å². The molecule has 3 N–H and O–H groups in total. The fourth-order valence-electron chi connectivity index (χ4n) is 1.46. The molecule has 1 amide bonds. The summed E-state index contributed by atoms with van der Waals surface area (Å²) in [5.41, 5.74) is 7.64. The maximum Gasteiger partial charge on any atom is 0.241 e. The molecule has 1 aromatic carbocycles. The maximum atomic E-state index is 11.7. The zero-order valence-electron chi connectivity index (χ0n) is 9.57. The highest BCUT2D eigenvalue weighted by atomic mass is 16.2. The molecule has 3 nitrogen and oxygen atoms in total. The van der Waals surface area contributed by atoms with E-state index in [0.29, 0.717) is 6.42 Å². The molecule has 0 fully saturated rings. The Bertz CT molecular complexity index is 374. The second-order valence-electron chi connectivity index (χ2n) is 3.63. The number of para-hydroxylation sites is 1. The molecule has 16 heavy (non-hydrogen) atoms. The Kier molecular flexibility index (Phi) is 4.73. The van der Waals surface area contributed by atoms with Gasteiger partial charge in [0, 0.05) is 5.69 Å². The number of anilines is 1. The van der Waals surface area contributed by atoms with Gasteiger partial charge in [-0.3, -0.25) is 4.79 Å². The normalized spacial score (nSPS) is 11.9. The Morgan fingerprint density at radius 3 is 2.88 bits per heavy atom. The maximum absolute atomic E-state index is 11.7. The molecule has 1 rings (SSSR count). The molecule has 1 unspecified atom stereocenters. The van der Waals surface area contributed by atoms with Crippen molar-refractivity contribution in [3.8, 4) is 0 Å². The highest BCUT2D eigenvalue weighted by molar-refractivity contribution is 5.95. The van der Waals surface area contributed by atoms with Gasteiger partial charge in [-0.1, -0.05) is 31.2 Å². The molecule has 1 atom stereocenters. The summed E-state index contributed by atoms with van der Waals surface area (Å²) in [6.45, 7) is 5.61. The lowest BCUT2D eigenvalue weighted by molar-refractivity contribution is -0.117. The van der Waals surface area contributed by atoms with Gasteiger partial charge >= 0.3 is 0 Å². The first-order chi connectivity index (χ1) is 7.69. The zero-order valence-corrected chi connectivity index (χ0v) is 9.57. The van der Waals surface area contributed by atoms with Crippen molar-refractivity contribution >= 4 is 11.6 Å². The monoisotopic (exact) mass is 218 g/mol. The molecular weight excluding hydrogens is 200 g/mol. The van der Waals surface area contributed by atoms with Gasteiger partial charge in [-0.15, -0.1) is 6.58 Å². The minimum Gasteiger partial charge on any atom is -0.324 e. The fraction of sp³-hybridized carbons (Fsp3) is 0.308. The van der Waals surface area contributed by atoms with Crippen molar-refractivity contribution in [3.05, 3.63) is 42.5 Å². The van der Waals surface area contributed by atoms with Gasteiger partial charge in [0.2, 0.25) is 5.91 Å². The minimum atomic E-state index is -0.526. The van der Waals surface area contributed by atoms with E-state index in [2.05, 4.69) is 18.8 Å². The summed E-state index contributed by atoms with van der Waals surface area (Å²) < 4.78 is 0. The van der Waals surface area contributed by atoms with Crippen molar-refractivity contribution in [1.29, 1.82) is 0 Å². The molecule has 1 aromatic rings. The number of rotatable bonds is 5. The number of hydrogen-bond donors (Lipinski definition) is 2. The number of hydrogen-bond acceptors (Lipinski definition) is 2. The molecule has 3 heteroatoms. The van der Waals surface area contributed by atoms with E-state index in [1.807, 2.05) is 24.3 Å². The van der Waals surface area contributed by atoms with Crippen LogP contribution in [0.1, 0.15) is 18.9 Å². The van der Waals surface area contributed by atoms with Crippen LogP contribution >= 0.6 is 0 Å². The SMILES string of the molecule is C=CCC(N)C(=O)Nc1ccccc1CC. The number of benzene rings is 1. The van der Waals surface area contributed by atoms with Crippen LogP contribution in [0.25, 0.3) is 0 Å². The van der Waals surface area contributed by atoms with Gasteiger partial charge in [-0.05, 0) is 24.5 Å². The van der Waals surface area contributed by atoms with E-state index in [4.69, 9.17) is 5.73 Å². The van der Waals surface area contributed by atoms with Crippen LogP contribution in [-0.2, 0) is 11.2 Å². The summed E-state index contributed by atoms with van der Waals surface area (Å²) in [6.07, 6.45) is 3.02. The first-order valence-electron chi connectivity index (χ1n) is 5.44. The number of nitrogens with two attached hydrogens (primary N) is 1. The Balaban J connectivity index is 2.72. The number of amides is 1. The standard InChI is InChI=1S/C13H18N2O/c1-3-7-11(14)13(16)15-12-9-6-5-8-10(12)4-2/h3,5-6,8-9,11H,1,4,7,14H2,2H3,(H,15,16). The number of aryl methyl sites for hydroxylation is 1. The summed E-state index contributed by atoms with van der Waals surface area (Å²) in [4.78, 5) is 11.7. The molecule has 0 aromatic heterocycles. The van der Waals surface area contributed by atoms with Gasteiger partial charge in [0.15, 0.2) is 0 Å². The third kappa shape index (κ3) is 3.21. The molecule has 0 aliphatic rings. The van der Waals surface area contributed by atoms with Crippen LogP contribution in [0.2, 0.25) is 0 Å². The molecule has 86 valence electrons. The Morgan fingerprint density at radius 1 is 1.56 bits per heavy atom. The highest BCUT2D eigenvalue weighted by Crippen LogP contribution is 2.15. The highest BCUT2D eigenvalue weighted by Gasteiger charge is 2.12. The summed E-state index contributed by atoms with van der Waals surface area (Å²) in [5, 5.41) is 2.83. The van der Waals surface area contributed by atoms with Crippen LogP contribution in [0.4, 0.5) is 5.69 Å². The quantitative estimate of drug-likeness (QED) is 0.743. The first-order valence-corrected chi connectivity index (χ1v) is 5.44. The summed E-state index contributed by atoms with van der Waals surface area (Å²) in [7, 11) is 0. The molecule has 0 bridgehead atoms. The van der Waals surface area contributed by atoms with Crippen molar-refractivity contribution in [2.24, 2.45) is 5.73 Å². The average molecular weight is 218 g/mol. The minimum absolute atomic E-state index is 0.166. The third-order valence-electron chi connectivity index (χ3n) is 2.41. The lowest BCUT2D eigenvalue weighted by atomic mass is 10.1. The van der Waals surface area contributed by atoms with E-state index in [9.17, 15) is 4.79 Å². The second kappa shape index (κ2) is 6.08. The fourth-order valence-corrected chi connectivity index (χ4v) is 1.46. The van der Waals surface area contributed by atoms with Gasteiger partial charge in [0.25, 0.3) is 0 Å². The molecule has 0 spiro atoms. The predicted molar refractivity (Wildman–Crippen MR) is 67.2 cm³/mol. The van der Waals surface area contributed by atoms with Crippen molar-refractivity contribution in [2.75, 3.05) is 5.32 Å². The van der Waals surface area contributed by atoms with Gasteiger partial charge in [-0.25, -0.2) is 0 Å². The van der Waals surface area contributed by atoms with Crippen molar-refractivity contribution < 1.29 is 4.79 Å². The van der Waals surface area contributed by atoms with Crippen molar-refractivity contribution in [2.45, 2.75) is 25.8 Å². The lowest BCUT2D eigenvalue weighted by Gasteiger charge is -2.12. The average Bonchev–Trinajstić information content (AvgIpc) is 2.30. The topological polar surface area (TPSA) is 55.1 Å². The molecule has 0 saturated carbocycles. The lowest BCUT2D eigenvalue weighted by Crippen LogP contribution is -2.35. The van der Waals surface area contributed by atoms with Crippen LogP contribution in [-0.4, -0.2) is 11.9 Å². The van der Waals surface area contributed by atoms with Crippen LogP contribution in [0.15, 0.2) is 36.9 Å². The zero-order chi connectivity index (χ0) is 12.0. The Morgan fingerprint density at radius 2 is 2.25 bits per heavy atom. The first kappa shape index (κ1) is 12.5. The van der Waals surface area contributed by atoms with E-state index < -0.39 is 6.04 Å². The van der Waals surface area contributed by atoms with Crippen molar-refractivity contribution in [3.63, 3.8) is 0 Å². The summed E-state index contributed by atoms with van der Waals surface area (Å²) in [5.74, 6) is -0.166. The van der Waals surface area contributed by atoms with E-state index in [1.54, 1.807) is 6.08 Å². The van der Waals surface area contributed by atoms with Crippen LogP contribution in [0, 0.1) is 0 Å². The largest absolute Gasteiger partial charge is 0.324 e. The Hall–Kier alpha value is -1.61. The van der Waals surface area contributed by atoms with E-state index >= 15 is 0 Å². The smallest absolute Gasteiger partial charge is 0.241 e.